The molecule has 0 radical (unpaired) electrons. The molecule has 142 valence electrons. The van der Waals surface area contributed by atoms with Crippen LogP contribution in [0.4, 0.5) is 5.69 Å². The molecule has 0 fully saturated rings. The molecule has 0 aromatic heterocycles. The number of carbonyl (C=O) groups excluding carboxylic acids is 3. The molecule has 9 nitrogen and oxygen atoms in total. The van der Waals surface area contributed by atoms with Gasteiger partial charge in [-0.25, -0.2) is 9.59 Å². The molecule has 1 amide bonds. The number of carbonyl (C=O) groups is 3. The van der Waals surface area contributed by atoms with Crippen LogP contribution in [0, 0.1) is 23.0 Å². The van der Waals surface area contributed by atoms with Crippen molar-refractivity contribution in [3.8, 4) is 0 Å². The Labute approximate surface area is 150 Å². The zero-order chi connectivity index (χ0) is 19.9. The fourth-order valence-electron chi connectivity index (χ4n) is 2.21. The number of nitro benzene ring substituents is 1. The summed E-state index contributed by atoms with van der Waals surface area (Å²) in [5.74, 6) is -2.17. The van der Waals surface area contributed by atoms with Gasteiger partial charge in [0.25, 0.3) is 11.6 Å². The molecule has 0 bridgehead atoms. The zero-order valence-electron chi connectivity index (χ0n) is 15.1. The minimum atomic E-state index is -0.835. The maximum absolute atomic E-state index is 12.0. The zero-order valence-corrected chi connectivity index (χ0v) is 15.1. The third kappa shape index (κ3) is 5.54. The lowest BCUT2D eigenvalue weighted by molar-refractivity contribution is -0.385. The predicted octanol–water partition coefficient (Wildman–Crippen LogP) is 1.76. The van der Waals surface area contributed by atoms with Gasteiger partial charge >= 0.3 is 11.9 Å². The van der Waals surface area contributed by atoms with E-state index in [1.807, 2.05) is 6.92 Å². The van der Waals surface area contributed by atoms with Gasteiger partial charge in [0.1, 0.15) is 6.04 Å². The number of rotatable bonds is 8. The molecule has 0 aliphatic rings. The van der Waals surface area contributed by atoms with Crippen molar-refractivity contribution in [2.45, 2.75) is 33.2 Å². The van der Waals surface area contributed by atoms with Crippen LogP contribution in [-0.2, 0) is 19.1 Å². The Morgan fingerprint density at radius 1 is 1.31 bits per heavy atom. The van der Waals surface area contributed by atoms with E-state index in [0.29, 0.717) is 12.0 Å². The maximum atomic E-state index is 12.0. The standard InChI is InChI=1S/C17H22N2O7/c1-5-10(2)15(17(22)25-4)18-14(20)9-26-16(21)12-6-7-13(19(23)24)11(3)8-12/h6-8,10,15H,5,9H2,1-4H3,(H,18,20)/t10-,15+/m1/s1. The van der Waals surface area contributed by atoms with Crippen LogP contribution in [0.2, 0.25) is 0 Å². The molecule has 0 unspecified atom stereocenters. The summed E-state index contributed by atoms with van der Waals surface area (Å²) in [4.78, 5) is 45.9. The average Bonchev–Trinajstić information content (AvgIpc) is 2.62. The third-order valence-corrected chi connectivity index (χ3v) is 3.95. The van der Waals surface area contributed by atoms with E-state index in [-0.39, 0.29) is 17.2 Å². The van der Waals surface area contributed by atoms with Gasteiger partial charge < -0.3 is 14.8 Å². The largest absolute Gasteiger partial charge is 0.467 e. The molecular formula is C17H22N2O7. The molecule has 0 aliphatic heterocycles. The molecule has 0 aliphatic carbocycles. The highest BCUT2D eigenvalue weighted by molar-refractivity contribution is 5.92. The quantitative estimate of drug-likeness (QED) is 0.422. The number of esters is 2. The molecule has 2 atom stereocenters. The van der Waals surface area contributed by atoms with Crippen molar-refractivity contribution in [2.24, 2.45) is 5.92 Å². The number of aryl methyl sites for hydroxylation is 1. The van der Waals surface area contributed by atoms with Gasteiger partial charge in [-0.2, -0.15) is 0 Å². The van der Waals surface area contributed by atoms with E-state index in [4.69, 9.17) is 4.74 Å². The van der Waals surface area contributed by atoms with Crippen LogP contribution < -0.4 is 5.32 Å². The molecular weight excluding hydrogens is 344 g/mol. The normalized spacial score (nSPS) is 12.6. The van der Waals surface area contributed by atoms with E-state index >= 15 is 0 Å². The first-order chi connectivity index (χ1) is 12.2. The van der Waals surface area contributed by atoms with Crippen molar-refractivity contribution >= 4 is 23.5 Å². The van der Waals surface area contributed by atoms with E-state index in [1.165, 1.54) is 32.2 Å². The summed E-state index contributed by atoms with van der Waals surface area (Å²) in [5.41, 5.74) is 0.275. The molecule has 26 heavy (non-hydrogen) atoms. The number of benzene rings is 1. The fourth-order valence-corrected chi connectivity index (χ4v) is 2.21. The summed E-state index contributed by atoms with van der Waals surface area (Å²) in [6.07, 6.45) is 0.641. The van der Waals surface area contributed by atoms with Crippen LogP contribution in [0.25, 0.3) is 0 Å². The summed E-state index contributed by atoms with van der Waals surface area (Å²) in [6.45, 7) is 4.56. The second-order valence-electron chi connectivity index (χ2n) is 5.79. The maximum Gasteiger partial charge on any atom is 0.338 e. The van der Waals surface area contributed by atoms with Crippen LogP contribution in [0.5, 0.6) is 0 Å². The molecule has 0 saturated heterocycles. The summed E-state index contributed by atoms with van der Waals surface area (Å²) < 4.78 is 9.56. The van der Waals surface area contributed by atoms with E-state index in [0.717, 1.165) is 0 Å². The second-order valence-corrected chi connectivity index (χ2v) is 5.79. The molecule has 1 N–H and O–H groups in total. The molecule has 0 heterocycles. The third-order valence-electron chi connectivity index (χ3n) is 3.95. The van der Waals surface area contributed by atoms with Gasteiger partial charge in [-0.3, -0.25) is 14.9 Å². The lowest BCUT2D eigenvalue weighted by Crippen LogP contribution is -2.47. The van der Waals surface area contributed by atoms with E-state index in [2.05, 4.69) is 10.1 Å². The molecule has 1 rings (SSSR count). The highest BCUT2D eigenvalue weighted by atomic mass is 16.6. The van der Waals surface area contributed by atoms with Crippen molar-refractivity contribution in [1.82, 2.24) is 5.32 Å². The molecule has 0 spiro atoms. The highest BCUT2D eigenvalue weighted by Gasteiger charge is 2.27. The first-order valence-corrected chi connectivity index (χ1v) is 8.00. The van der Waals surface area contributed by atoms with Gasteiger partial charge in [0, 0.05) is 11.6 Å². The van der Waals surface area contributed by atoms with Crippen molar-refractivity contribution in [3.63, 3.8) is 0 Å². The van der Waals surface area contributed by atoms with Crippen LogP contribution in [0.15, 0.2) is 18.2 Å². The highest BCUT2D eigenvalue weighted by Crippen LogP contribution is 2.19. The minimum absolute atomic E-state index is 0.0901. The van der Waals surface area contributed by atoms with Crippen molar-refractivity contribution in [2.75, 3.05) is 13.7 Å². The number of methoxy groups -OCH3 is 1. The van der Waals surface area contributed by atoms with Crippen molar-refractivity contribution < 1.29 is 28.8 Å². The molecule has 1 aromatic rings. The van der Waals surface area contributed by atoms with Crippen molar-refractivity contribution in [3.05, 3.63) is 39.4 Å². The molecule has 1 aromatic carbocycles. The Balaban J connectivity index is 2.68. The molecule has 9 heteroatoms. The van der Waals surface area contributed by atoms with Gasteiger partial charge in [0.15, 0.2) is 6.61 Å². The van der Waals surface area contributed by atoms with E-state index in [9.17, 15) is 24.5 Å². The lowest BCUT2D eigenvalue weighted by Gasteiger charge is -2.21. The SMILES string of the molecule is CC[C@@H](C)[C@H](NC(=O)COC(=O)c1ccc([N+](=O)[O-])c(C)c1)C(=O)OC. The Morgan fingerprint density at radius 3 is 2.46 bits per heavy atom. The van der Waals surface area contributed by atoms with Gasteiger partial charge in [-0.15, -0.1) is 0 Å². The summed E-state index contributed by atoms with van der Waals surface area (Å²) >= 11 is 0. The fraction of sp³-hybridized carbons (Fsp3) is 0.471. The number of ether oxygens (including phenoxy) is 2. The monoisotopic (exact) mass is 366 g/mol. The Morgan fingerprint density at radius 2 is 1.96 bits per heavy atom. The predicted molar refractivity (Wildman–Crippen MR) is 91.5 cm³/mol. The van der Waals surface area contributed by atoms with Crippen molar-refractivity contribution in [1.29, 1.82) is 0 Å². The number of hydrogen-bond acceptors (Lipinski definition) is 7. The Kier molecular flexibility index (Phi) is 7.70. The van der Waals surface area contributed by atoms with Crippen LogP contribution in [-0.4, -0.2) is 42.5 Å². The lowest BCUT2D eigenvalue weighted by atomic mass is 9.99. The number of hydrogen-bond donors (Lipinski definition) is 1. The second kappa shape index (κ2) is 9.50. The Hall–Kier alpha value is -2.97. The van der Waals surface area contributed by atoms with E-state index in [1.54, 1.807) is 6.92 Å². The number of nitro groups is 1. The topological polar surface area (TPSA) is 125 Å². The number of nitrogens with one attached hydrogen (secondary N) is 1. The van der Waals surface area contributed by atoms with Crippen LogP contribution >= 0.6 is 0 Å². The van der Waals surface area contributed by atoms with Crippen LogP contribution in [0.1, 0.15) is 36.2 Å². The first-order valence-electron chi connectivity index (χ1n) is 8.00. The molecule has 0 saturated carbocycles. The summed E-state index contributed by atoms with van der Waals surface area (Å²) in [6, 6.07) is 2.93. The first kappa shape index (κ1) is 21.1. The van der Waals surface area contributed by atoms with E-state index < -0.39 is 35.4 Å². The van der Waals surface area contributed by atoms with Gasteiger partial charge in [-0.1, -0.05) is 20.3 Å². The van der Waals surface area contributed by atoms with Gasteiger partial charge in [-0.05, 0) is 25.0 Å². The Bertz CT molecular complexity index is 702. The average molecular weight is 366 g/mol. The summed E-state index contributed by atoms with van der Waals surface area (Å²) in [7, 11) is 1.22. The van der Waals surface area contributed by atoms with Gasteiger partial charge in [0.2, 0.25) is 0 Å². The van der Waals surface area contributed by atoms with Crippen LogP contribution in [0.3, 0.4) is 0 Å². The number of amides is 1. The smallest absolute Gasteiger partial charge is 0.338 e. The number of nitrogens with zero attached hydrogens (tertiary/aromatic N) is 1. The van der Waals surface area contributed by atoms with Gasteiger partial charge in [0.05, 0.1) is 17.6 Å². The minimum Gasteiger partial charge on any atom is -0.467 e. The summed E-state index contributed by atoms with van der Waals surface area (Å²) in [5, 5.41) is 13.3.